The Balaban J connectivity index is 1.67. The van der Waals surface area contributed by atoms with Gasteiger partial charge in [-0.05, 0) is 32.9 Å². The van der Waals surface area contributed by atoms with Gasteiger partial charge >= 0.3 is 0 Å². The van der Waals surface area contributed by atoms with E-state index < -0.39 is 0 Å². The quantitative estimate of drug-likeness (QED) is 0.839. The molecule has 0 aromatic carbocycles. The summed E-state index contributed by atoms with van der Waals surface area (Å²) in [6.07, 6.45) is 4.07. The van der Waals surface area contributed by atoms with Crippen LogP contribution in [0.4, 0.5) is 0 Å². The van der Waals surface area contributed by atoms with E-state index in [1.165, 1.54) is 32.4 Å². The van der Waals surface area contributed by atoms with Gasteiger partial charge in [-0.15, -0.1) is 0 Å². The lowest BCUT2D eigenvalue weighted by Crippen LogP contribution is -2.43. The zero-order chi connectivity index (χ0) is 12.1. The Morgan fingerprint density at radius 2 is 2.12 bits per heavy atom. The Labute approximate surface area is 103 Å². The Bertz CT molecular complexity index is 333. The SMILES string of the molecule is Cc1nc(CNCC(C)N2CCCCC2)no1. The summed E-state index contributed by atoms with van der Waals surface area (Å²) in [5, 5.41) is 7.25. The molecule has 1 aliphatic heterocycles. The monoisotopic (exact) mass is 238 g/mol. The lowest BCUT2D eigenvalue weighted by Gasteiger charge is -2.32. The molecule has 0 amide bonds. The predicted octanol–water partition coefficient (Wildman–Crippen LogP) is 1.34. The Morgan fingerprint density at radius 1 is 1.35 bits per heavy atom. The fourth-order valence-electron chi connectivity index (χ4n) is 2.29. The molecular formula is C12H22N4O. The Hall–Kier alpha value is -0.940. The van der Waals surface area contributed by atoms with Crippen molar-refractivity contribution in [2.45, 2.75) is 45.7 Å². The topological polar surface area (TPSA) is 54.2 Å². The van der Waals surface area contributed by atoms with Gasteiger partial charge in [0.15, 0.2) is 5.82 Å². The molecule has 2 rings (SSSR count). The van der Waals surface area contributed by atoms with Crippen LogP contribution in [0.1, 0.15) is 37.9 Å². The number of rotatable bonds is 5. The van der Waals surface area contributed by atoms with Gasteiger partial charge in [-0.2, -0.15) is 4.98 Å². The predicted molar refractivity (Wildman–Crippen MR) is 65.6 cm³/mol. The minimum Gasteiger partial charge on any atom is -0.340 e. The molecule has 1 aromatic heterocycles. The van der Waals surface area contributed by atoms with Gasteiger partial charge in [0.05, 0.1) is 6.54 Å². The van der Waals surface area contributed by atoms with E-state index in [1.54, 1.807) is 0 Å². The molecule has 1 unspecified atom stereocenters. The summed E-state index contributed by atoms with van der Waals surface area (Å²) in [6.45, 7) is 8.24. The van der Waals surface area contributed by atoms with E-state index in [9.17, 15) is 0 Å². The van der Waals surface area contributed by atoms with Crippen molar-refractivity contribution in [1.29, 1.82) is 0 Å². The highest BCUT2D eigenvalue weighted by Gasteiger charge is 2.16. The van der Waals surface area contributed by atoms with Gasteiger partial charge in [-0.25, -0.2) is 0 Å². The van der Waals surface area contributed by atoms with Crippen LogP contribution in [0.3, 0.4) is 0 Å². The van der Waals surface area contributed by atoms with Crippen molar-refractivity contribution in [3.05, 3.63) is 11.7 Å². The summed E-state index contributed by atoms with van der Waals surface area (Å²) in [5.41, 5.74) is 0. The third-order valence-corrected chi connectivity index (χ3v) is 3.31. The van der Waals surface area contributed by atoms with Crippen LogP contribution in [0.2, 0.25) is 0 Å². The van der Waals surface area contributed by atoms with Crippen molar-refractivity contribution in [2.75, 3.05) is 19.6 Å². The van der Waals surface area contributed by atoms with E-state index in [2.05, 4.69) is 27.3 Å². The number of hydrogen-bond acceptors (Lipinski definition) is 5. The number of nitrogens with zero attached hydrogens (tertiary/aromatic N) is 3. The van der Waals surface area contributed by atoms with E-state index in [0.29, 0.717) is 18.5 Å². The second kappa shape index (κ2) is 6.12. The van der Waals surface area contributed by atoms with Crippen molar-refractivity contribution >= 4 is 0 Å². The van der Waals surface area contributed by atoms with Crippen molar-refractivity contribution in [3.63, 3.8) is 0 Å². The maximum absolute atomic E-state index is 4.93. The number of hydrogen-bond donors (Lipinski definition) is 1. The summed E-state index contributed by atoms with van der Waals surface area (Å²) in [6, 6.07) is 0.586. The van der Waals surface area contributed by atoms with Gasteiger partial charge in [-0.1, -0.05) is 11.6 Å². The molecule has 0 spiro atoms. The summed E-state index contributed by atoms with van der Waals surface area (Å²) in [4.78, 5) is 6.72. The number of aromatic nitrogens is 2. The van der Waals surface area contributed by atoms with Gasteiger partial charge in [0.25, 0.3) is 0 Å². The van der Waals surface area contributed by atoms with Crippen molar-refractivity contribution < 1.29 is 4.52 Å². The minimum absolute atomic E-state index is 0.586. The van der Waals surface area contributed by atoms with Crippen LogP contribution in [0, 0.1) is 6.92 Å². The van der Waals surface area contributed by atoms with Crippen LogP contribution >= 0.6 is 0 Å². The van der Waals surface area contributed by atoms with E-state index in [4.69, 9.17) is 4.52 Å². The first-order valence-electron chi connectivity index (χ1n) is 6.49. The number of aryl methyl sites for hydroxylation is 1. The fraction of sp³-hybridized carbons (Fsp3) is 0.833. The largest absolute Gasteiger partial charge is 0.340 e. The first-order valence-corrected chi connectivity index (χ1v) is 6.49. The molecule has 5 heteroatoms. The van der Waals surface area contributed by atoms with Crippen LogP contribution in [-0.2, 0) is 6.54 Å². The lowest BCUT2D eigenvalue weighted by atomic mass is 10.1. The highest BCUT2D eigenvalue weighted by atomic mass is 16.5. The summed E-state index contributed by atoms with van der Waals surface area (Å²) in [5.74, 6) is 1.37. The fourth-order valence-corrected chi connectivity index (χ4v) is 2.29. The maximum atomic E-state index is 4.93. The van der Waals surface area contributed by atoms with Crippen LogP contribution in [0.15, 0.2) is 4.52 Å². The molecule has 2 heterocycles. The Morgan fingerprint density at radius 3 is 2.76 bits per heavy atom. The molecule has 0 bridgehead atoms. The van der Waals surface area contributed by atoms with Crippen LogP contribution in [-0.4, -0.2) is 40.7 Å². The molecule has 1 aromatic rings. The van der Waals surface area contributed by atoms with Gasteiger partial charge in [-0.3, -0.25) is 4.90 Å². The highest BCUT2D eigenvalue weighted by Crippen LogP contribution is 2.11. The second-order valence-electron chi connectivity index (χ2n) is 4.81. The zero-order valence-corrected chi connectivity index (χ0v) is 10.8. The molecule has 1 saturated heterocycles. The molecule has 1 atom stereocenters. The number of nitrogens with one attached hydrogen (secondary N) is 1. The van der Waals surface area contributed by atoms with E-state index in [-0.39, 0.29) is 0 Å². The average Bonchev–Trinajstić information content (AvgIpc) is 2.76. The molecule has 0 aliphatic carbocycles. The molecule has 5 nitrogen and oxygen atoms in total. The first-order chi connectivity index (χ1) is 8.25. The van der Waals surface area contributed by atoms with Crippen molar-refractivity contribution in [3.8, 4) is 0 Å². The summed E-state index contributed by atoms with van der Waals surface area (Å²) >= 11 is 0. The summed E-state index contributed by atoms with van der Waals surface area (Å²) in [7, 11) is 0. The molecular weight excluding hydrogens is 216 g/mol. The standard InChI is InChI=1S/C12H22N4O/c1-10(16-6-4-3-5-7-16)8-13-9-12-14-11(2)17-15-12/h10,13H,3-9H2,1-2H3. The van der Waals surface area contributed by atoms with Crippen molar-refractivity contribution in [2.24, 2.45) is 0 Å². The van der Waals surface area contributed by atoms with Gasteiger partial charge in [0, 0.05) is 19.5 Å². The normalized spacial score (nSPS) is 19.4. The number of likely N-dealkylation sites (tertiary alicyclic amines) is 1. The van der Waals surface area contributed by atoms with Gasteiger partial charge in [0.2, 0.25) is 5.89 Å². The van der Waals surface area contributed by atoms with Crippen LogP contribution in [0.25, 0.3) is 0 Å². The van der Waals surface area contributed by atoms with Crippen molar-refractivity contribution in [1.82, 2.24) is 20.4 Å². The Kier molecular flexibility index (Phi) is 4.50. The van der Waals surface area contributed by atoms with E-state index in [0.717, 1.165) is 12.4 Å². The second-order valence-corrected chi connectivity index (χ2v) is 4.81. The molecule has 0 saturated carbocycles. The smallest absolute Gasteiger partial charge is 0.223 e. The maximum Gasteiger partial charge on any atom is 0.223 e. The molecule has 17 heavy (non-hydrogen) atoms. The zero-order valence-electron chi connectivity index (χ0n) is 10.8. The van der Waals surface area contributed by atoms with Crippen LogP contribution in [0.5, 0.6) is 0 Å². The molecule has 1 N–H and O–H groups in total. The van der Waals surface area contributed by atoms with E-state index >= 15 is 0 Å². The third-order valence-electron chi connectivity index (χ3n) is 3.31. The molecule has 1 aliphatic rings. The molecule has 1 fully saturated rings. The first kappa shape index (κ1) is 12.5. The average molecular weight is 238 g/mol. The molecule has 0 radical (unpaired) electrons. The third kappa shape index (κ3) is 3.78. The lowest BCUT2D eigenvalue weighted by molar-refractivity contribution is 0.170. The van der Waals surface area contributed by atoms with Gasteiger partial charge in [0.1, 0.15) is 0 Å². The summed E-state index contributed by atoms with van der Waals surface area (Å²) < 4.78 is 4.93. The highest BCUT2D eigenvalue weighted by molar-refractivity contribution is 4.83. The van der Waals surface area contributed by atoms with Gasteiger partial charge < -0.3 is 9.84 Å². The van der Waals surface area contributed by atoms with E-state index in [1.807, 2.05) is 6.92 Å². The van der Waals surface area contributed by atoms with Crippen LogP contribution < -0.4 is 5.32 Å². The number of piperidine rings is 1. The molecule has 96 valence electrons. The minimum atomic E-state index is 0.586.